The maximum absolute atomic E-state index is 11.1. The van der Waals surface area contributed by atoms with E-state index < -0.39 is 0 Å². The second-order valence-corrected chi connectivity index (χ2v) is 4.35. The summed E-state index contributed by atoms with van der Waals surface area (Å²) in [5.74, 6) is -0.00350. The van der Waals surface area contributed by atoms with Crippen LogP contribution in [0.2, 0.25) is 0 Å². The van der Waals surface area contributed by atoms with Crippen molar-refractivity contribution in [2.75, 3.05) is 0 Å². The van der Waals surface area contributed by atoms with Gasteiger partial charge >= 0.3 is 5.97 Å². The van der Waals surface area contributed by atoms with Gasteiger partial charge < -0.3 is 9.53 Å². The van der Waals surface area contributed by atoms with Crippen molar-refractivity contribution in [3.8, 4) is 0 Å². The molecule has 72 valence electrons. The number of hydrogen-bond acceptors (Lipinski definition) is 3. The molecule has 0 aromatic carbocycles. The summed E-state index contributed by atoms with van der Waals surface area (Å²) in [5.41, 5.74) is -0.324. The topological polar surface area (TPSA) is 43.4 Å². The SMILES string of the molecule is CC1(C=O)CCCC2OC(=O)CC21. The molecular formula is C10H14O3. The first-order valence-electron chi connectivity index (χ1n) is 4.81. The average Bonchev–Trinajstić information content (AvgIpc) is 2.48. The first-order valence-corrected chi connectivity index (χ1v) is 4.81. The van der Waals surface area contributed by atoms with Gasteiger partial charge in [0.25, 0.3) is 0 Å². The fraction of sp³-hybridized carbons (Fsp3) is 0.800. The zero-order valence-corrected chi connectivity index (χ0v) is 7.79. The van der Waals surface area contributed by atoms with Gasteiger partial charge in [0, 0.05) is 11.3 Å². The van der Waals surface area contributed by atoms with Gasteiger partial charge in [-0.15, -0.1) is 0 Å². The van der Waals surface area contributed by atoms with E-state index in [0.717, 1.165) is 25.5 Å². The monoisotopic (exact) mass is 182 g/mol. The normalized spacial score (nSPS) is 43.9. The van der Waals surface area contributed by atoms with Crippen LogP contribution in [-0.4, -0.2) is 18.4 Å². The molecule has 0 amide bonds. The van der Waals surface area contributed by atoms with Crippen LogP contribution in [0.4, 0.5) is 0 Å². The molecule has 0 N–H and O–H groups in total. The van der Waals surface area contributed by atoms with Crippen molar-refractivity contribution in [3.05, 3.63) is 0 Å². The zero-order chi connectivity index (χ0) is 9.47. The van der Waals surface area contributed by atoms with Crippen LogP contribution in [0.25, 0.3) is 0 Å². The van der Waals surface area contributed by atoms with Gasteiger partial charge in [0.05, 0.1) is 6.42 Å². The summed E-state index contributed by atoms with van der Waals surface area (Å²) < 4.78 is 5.16. The standard InChI is InChI=1S/C10H14O3/c1-10(6-11)4-2-3-8-7(10)5-9(12)13-8/h6-8H,2-5H2,1H3. The minimum atomic E-state index is -0.324. The Morgan fingerprint density at radius 1 is 1.62 bits per heavy atom. The molecular weight excluding hydrogens is 168 g/mol. The van der Waals surface area contributed by atoms with Gasteiger partial charge in [0.1, 0.15) is 12.4 Å². The number of hydrogen-bond donors (Lipinski definition) is 0. The summed E-state index contributed by atoms with van der Waals surface area (Å²) in [4.78, 5) is 22.0. The molecule has 1 heterocycles. The van der Waals surface area contributed by atoms with E-state index in [0.29, 0.717) is 6.42 Å². The third kappa shape index (κ3) is 1.26. The van der Waals surface area contributed by atoms with Crippen LogP contribution in [0.15, 0.2) is 0 Å². The maximum Gasteiger partial charge on any atom is 0.306 e. The van der Waals surface area contributed by atoms with Gasteiger partial charge in [-0.2, -0.15) is 0 Å². The van der Waals surface area contributed by atoms with E-state index in [2.05, 4.69) is 0 Å². The van der Waals surface area contributed by atoms with Crippen molar-refractivity contribution in [1.82, 2.24) is 0 Å². The van der Waals surface area contributed by atoms with Gasteiger partial charge in [0.2, 0.25) is 0 Å². The first kappa shape index (κ1) is 8.73. The quantitative estimate of drug-likeness (QED) is 0.453. The van der Waals surface area contributed by atoms with Crippen molar-refractivity contribution in [1.29, 1.82) is 0 Å². The number of fused-ring (bicyclic) bond motifs is 1. The molecule has 0 aromatic rings. The van der Waals surface area contributed by atoms with Crippen molar-refractivity contribution in [3.63, 3.8) is 0 Å². The Bertz CT molecular complexity index is 249. The van der Waals surface area contributed by atoms with Crippen LogP contribution in [-0.2, 0) is 14.3 Å². The van der Waals surface area contributed by atoms with Crippen molar-refractivity contribution >= 4 is 12.3 Å². The summed E-state index contributed by atoms with van der Waals surface area (Å²) in [5, 5.41) is 0. The largest absolute Gasteiger partial charge is 0.462 e. The molecule has 3 atom stereocenters. The number of carbonyl (C=O) groups excluding carboxylic acids is 2. The van der Waals surface area contributed by atoms with E-state index in [1.807, 2.05) is 6.92 Å². The highest BCUT2D eigenvalue weighted by Gasteiger charge is 2.48. The number of carbonyl (C=O) groups is 2. The average molecular weight is 182 g/mol. The summed E-state index contributed by atoms with van der Waals surface area (Å²) >= 11 is 0. The molecule has 1 saturated heterocycles. The molecule has 0 spiro atoms. The second kappa shape index (κ2) is 2.82. The van der Waals surface area contributed by atoms with E-state index >= 15 is 0 Å². The maximum atomic E-state index is 11.1. The minimum Gasteiger partial charge on any atom is -0.462 e. The molecule has 0 aromatic heterocycles. The third-order valence-corrected chi connectivity index (χ3v) is 3.44. The van der Waals surface area contributed by atoms with Gasteiger partial charge in [-0.3, -0.25) is 4.79 Å². The van der Waals surface area contributed by atoms with E-state index in [4.69, 9.17) is 4.74 Å². The Morgan fingerprint density at radius 2 is 2.38 bits per heavy atom. The predicted octanol–water partition coefficient (Wildman–Crippen LogP) is 1.31. The Hall–Kier alpha value is -0.860. The van der Waals surface area contributed by atoms with Crippen LogP contribution in [0.1, 0.15) is 32.6 Å². The van der Waals surface area contributed by atoms with E-state index in [1.165, 1.54) is 0 Å². The molecule has 2 fully saturated rings. The molecule has 1 aliphatic heterocycles. The fourth-order valence-electron chi connectivity index (χ4n) is 2.54. The molecule has 3 unspecified atom stereocenters. The molecule has 1 aliphatic carbocycles. The molecule has 0 bridgehead atoms. The van der Waals surface area contributed by atoms with Crippen molar-refractivity contribution in [2.24, 2.45) is 11.3 Å². The summed E-state index contributed by atoms with van der Waals surface area (Å²) in [6, 6.07) is 0. The highest BCUT2D eigenvalue weighted by molar-refractivity contribution is 5.74. The van der Waals surface area contributed by atoms with Crippen molar-refractivity contribution < 1.29 is 14.3 Å². The third-order valence-electron chi connectivity index (χ3n) is 3.44. The van der Waals surface area contributed by atoms with Gasteiger partial charge in [-0.25, -0.2) is 0 Å². The molecule has 2 rings (SSSR count). The van der Waals surface area contributed by atoms with Crippen LogP contribution in [0, 0.1) is 11.3 Å². The molecule has 1 saturated carbocycles. The molecule has 3 heteroatoms. The summed E-state index contributed by atoms with van der Waals surface area (Å²) in [6.45, 7) is 1.94. The van der Waals surface area contributed by atoms with Crippen LogP contribution in [0.5, 0.6) is 0 Å². The number of aldehydes is 1. The Kier molecular flexibility index (Phi) is 1.90. The summed E-state index contributed by atoms with van der Waals surface area (Å²) in [7, 11) is 0. The minimum absolute atomic E-state index is 0.0106. The lowest BCUT2D eigenvalue weighted by molar-refractivity contribution is -0.143. The van der Waals surface area contributed by atoms with Gasteiger partial charge in [-0.1, -0.05) is 6.92 Å². The predicted molar refractivity (Wildman–Crippen MR) is 46.0 cm³/mol. The number of ether oxygens (including phenoxy) is 1. The summed E-state index contributed by atoms with van der Waals surface area (Å²) in [6.07, 6.45) is 4.26. The lowest BCUT2D eigenvalue weighted by Gasteiger charge is -2.36. The highest BCUT2D eigenvalue weighted by Crippen LogP contribution is 2.45. The Balaban J connectivity index is 2.23. The van der Waals surface area contributed by atoms with Gasteiger partial charge in [-0.05, 0) is 19.3 Å². The van der Waals surface area contributed by atoms with Crippen LogP contribution in [0.3, 0.4) is 0 Å². The number of esters is 1. The fourth-order valence-corrected chi connectivity index (χ4v) is 2.54. The molecule has 3 nitrogen and oxygen atoms in total. The Labute approximate surface area is 77.4 Å². The van der Waals surface area contributed by atoms with E-state index in [9.17, 15) is 9.59 Å². The van der Waals surface area contributed by atoms with E-state index in [-0.39, 0.29) is 23.4 Å². The smallest absolute Gasteiger partial charge is 0.306 e. The molecule has 13 heavy (non-hydrogen) atoms. The Morgan fingerprint density at radius 3 is 3.08 bits per heavy atom. The van der Waals surface area contributed by atoms with Crippen LogP contribution < -0.4 is 0 Å². The second-order valence-electron chi connectivity index (χ2n) is 4.35. The van der Waals surface area contributed by atoms with Crippen LogP contribution >= 0.6 is 0 Å². The number of rotatable bonds is 1. The molecule has 0 radical (unpaired) electrons. The highest BCUT2D eigenvalue weighted by atomic mass is 16.5. The van der Waals surface area contributed by atoms with E-state index in [1.54, 1.807) is 0 Å². The zero-order valence-electron chi connectivity index (χ0n) is 7.79. The first-order chi connectivity index (χ1) is 6.15. The lowest BCUT2D eigenvalue weighted by atomic mass is 9.67. The lowest BCUT2D eigenvalue weighted by Crippen LogP contribution is -2.38. The van der Waals surface area contributed by atoms with Crippen molar-refractivity contribution in [2.45, 2.75) is 38.7 Å². The van der Waals surface area contributed by atoms with Gasteiger partial charge in [0.15, 0.2) is 0 Å². The molecule has 2 aliphatic rings.